The van der Waals surface area contributed by atoms with Crippen molar-refractivity contribution in [1.29, 1.82) is 0 Å². The van der Waals surface area contributed by atoms with Crippen LogP contribution in [0.4, 0.5) is 0 Å². The molecule has 0 saturated heterocycles. The van der Waals surface area contributed by atoms with Gasteiger partial charge in [-0.1, -0.05) is 53.7 Å². The molecule has 0 bridgehead atoms. The summed E-state index contributed by atoms with van der Waals surface area (Å²) in [5.41, 5.74) is 2.02. The van der Waals surface area contributed by atoms with Crippen molar-refractivity contribution in [2.75, 3.05) is 5.75 Å². The lowest BCUT2D eigenvalue weighted by Crippen LogP contribution is -2.24. The van der Waals surface area contributed by atoms with E-state index in [0.717, 1.165) is 16.9 Å². The summed E-state index contributed by atoms with van der Waals surface area (Å²) in [6.07, 6.45) is 0. The Bertz CT molecular complexity index is 947. The number of nitrogens with one attached hydrogen (secondary N) is 1. The molecule has 0 unspecified atom stereocenters. The van der Waals surface area contributed by atoms with Crippen LogP contribution in [0.2, 0.25) is 5.02 Å². The first-order chi connectivity index (χ1) is 13.5. The minimum Gasteiger partial charge on any atom is -0.486 e. The molecule has 3 aromatic rings. The van der Waals surface area contributed by atoms with Crippen molar-refractivity contribution >= 4 is 29.3 Å². The summed E-state index contributed by atoms with van der Waals surface area (Å²) in [4.78, 5) is 12.1. The van der Waals surface area contributed by atoms with Gasteiger partial charge in [-0.3, -0.25) is 4.79 Å². The number of amides is 1. The van der Waals surface area contributed by atoms with Crippen molar-refractivity contribution in [3.63, 3.8) is 0 Å². The van der Waals surface area contributed by atoms with Gasteiger partial charge in [-0.25, -0.2) is 0 Å². The van der Waals surface area contributed by atoms with Crippen LogP contribution in [-0.4, -0.2) is 26.4 Å². The van der Waals surface area contributed by atoms with Gasteiger partial charge >= 0.3 is 0 Å². The van der Waals surface area contributed by atoms with Crippen molar-refractivity contribution in [3.8, 4) is 5.75 Å². The lowest BCUT2D eigenvalue weighted by Gasteiger charge is -2.08. The van der Waals surface area contributed by atoms with Crippen LogP contribution in [0.3, 0.4) is 0 Å². The number of aryl methyl sites for hydroxylation is 1. The molecule has 6 nitrogen and oxygen atoms in total. The van der Waals surface area contributed by atoms with Crippen LogP contribution >= 0.6 is 23.4 Å². The van der Waals surface area contributed by atoms with E-state index in [0.29, 0.717) is 22.5 Å². The Balaban J connectivity index is 1.48. The average Bonchev–Trinajstić information content (AvgIpc) is 3.06. The molecule has 146 valence electrons. The molecule has 8 heteroatoms. The molecule has 1 amide bonds. The van der Waals surface area contributed by atoms with Crippen LogP contribution in [0.15, 0.2) is 53.7 Å². The molecular formula is C20H21ClN4O2S. The Kier molecular flexibility index (Phi) is 6.95. The van der Waals surface area contributed by atoms with Gasteiger partial charge in [0.2, 0.25) is 5.91 Å². The van der Waals surface area contributed by atoms with Crippen LogP contribution in [0.5, 0.6) is 5.75 Å². The summed E-state index contributed by atoms with van der Waals surface area (Å²) in [6, 6.07) is 15.3. The number of hydrogen-bond acceptors (Lipinski definition) is 5. The molecule has 0 radical (unpaired) electrons. The minimum absolute atomic E-state index is 0.0497. The number of hydrogen-bond donors (Lipinski definition) is 1. The highest BCUT2D eigenvalue weighted by atomic mass is 35.5. The summed E-state index contributed by atoms with van der Waals surface area (Å²) in [5.74, 6) is 1.63. The van der Waals surface area contributed by atoms with Gasteiger partial charge < -0.3 is 14.6 Å². The van der Waals surface area contributed by atoms with Gasteiger partial charge in [0.1, 0.15) is 12.4 Å². The maximum Gasteiger partial charge on any atom is 0.230 e. The van der Waals surface area contributed by atoms with Gasteiger partial charge in [-0.05, 0) is 36.2 Å². The third-order valence-corrected chi connectivity index (χ3v) is 5.53. The van der Waals surface area contributed by atoms with E-state index in [1.807, 2.05) is 61.0 Å². The highest BCUT2D eigenvalue weighted by Crippen LogP contribution is 2.22. The number of rotatable bonds is 8. The Morgan fingerprint density at radius 1 is 1.21 bits per heavy atom. The standard InChI is InChI=1S/C20H21ClN4O2S/c1-14-10-16(8-9-17(14)21)27-12-18-23-24-20(25(18)2)28-13-19(26)22-11-15-6-4-3-5-7-15/h3-10H,11-13H2,1-2H3,(H,22,26). The van der Waals surface area contributed by atoms with Gasteiger partial charge in [0, 0.05) is 18.6 Å². The lowest BCUT2D eigenvalue weighted by molar-refractivity contribution is -0.118. The largest absolute Gasteiger partial charge is 0.486 e. The highest BCUT2D eigenvalue weighted by molar-refractivity contribution is 7.99. The zero-order valence-electron chi connectivity index (χ0n) is 15.7. The molecule has 0 aliphatic heterocycles. The second kappa shape index (κ2) is 9.61. The first kappa shape index (κ1) is 20.2. The van der Waals surface area contributed by atoms with Crippen molar-refractivity contribution in [3.05, 3.63) is 70.5 Å². The van der Waals surface area contributed by atoms with Crippen LogP contribution in [0.1, 0.15) is 17.0 Å². The summed E-state index contributed by atoms with van der Waals surface area (Å²) < 4.78 is 7.60. The molecular weight excluding hydrogens is 396 g/mol. The molecule has 3 rings (SSSR count). The third kappa shape index (κ3) is 5.50. The smallest absolute Gasteiger partial charge is 0.230 e. The summed E-state index contributed by atoms with van der Waals surface area (Å²) in [7, 11) is 1.86. The molecule has 0 aliphatic rings. The fourth-order valence-corrected chi connectivity index (χ4v) is 3.31. The van der Waals surface area contributed by atoms with E-state index in [-0.39, 0.29) is 18.3 Å². The van der Waals surface area contributed by atoms with Gasteiger partial charge in [0.05, 0.1) is 5.75 Å². The number of benzene rings is 2. The molecule has 1 N–H and O–H groups in total. The Hall–Kier alpha value is -2.51. The van der Waals surface area contributed by atoms with Crippen LogP contribution in [-0.2, 0) is 25.0 Å². The summed E-state index contributed by atoms with van der Waals surface area (Å²) in [5, 5.41) is 12.6. The number of aromatic nitrogens is 3. The number of thioether (sulfide) groups is 1. The van der Waals surface area contributed by atoms with Gasteiger partial charge in [0.25, 0.3) is 0 Å². The molecule has 0 aliphatic carbocycles. The molecule has 1 aromatic heterocycles. The van der Waals surface area contributed by atoms with Gasteiger partial charge in [-0.2, -0.15) is 0 Å². The number of ether oxygens (including phenoxy) is 1. The Morgan fingerprint density at radius 3 is 2.75 bits per heavy atom. The van der Waals surface area contributed by atoms with E-state index in [9.17, 15) is 4.79 Å². The third-order valence-electron chi connectivity index (χ3n) is 4.09. The average molecular weight is 417 g/mol. The van der Waals surface area contributed by atoms with E-state index < -0.39 is 0 Å². The zero-order valence-corrected chi connectivity index (χ0v) is 17.3. The van der Waals surface area contributed by atoms with Gasteiger partial charge in [-0.15, -0.1) is 10.2 Å². The Morgan fingerprint density at radius 2 is 2.00 bits per heavy atom. The number of carbonyl (C=O) groups is 1. The predicted octanol–water partition coefficient (Wildman–Crippen LogP) is 3.76. The van der Waals surface area contributed by atoms with E-state index in [4.69, 9.17) is 16.3 Å². The molecule has 1 heterocycles. The van der Waals surface area contributed by atoms with E-state index in [1.54, 1.807) is 6.07 Å². The molecule has 0 saturated carbocycles. The number of carbonyl (C=O) groups excluding carboxylic acids is 1. The van der Waals surface area contributed by atoms with Crippen LogP contribution in [0.25, 0.3) is 0 Å². The van der Waals surface area contributed by atoms with Crippen molar-refractivity contribution in [2.45, 2.75) is 25.2 Å². The molecule has 28 heavy (non-hydrogen) atoms. The van der Waals surface area contributed by atoms with E-state index in [1.165, 1.54) is 11.8 Å². The molecule has 0 atom stereocenters. The maximum absolute atomic E-state index is 12.1. The summed E-state index contributed by atoms with van der Waals surface area (Å²) >= 11 is 7.37. The number of halogens is 1. The normalized spacial score (nSPS) is 10.7. The quantitative estimate of drug-likeness (QED) is 0.566. The fourth-order valence-electron chi connectivity index (χ4n) is 2.43. The van der Waals surface area contributed by atoms with Crippen molar-refractivity contribution < 1.29 is 9.53 Å². The van der Waals surface area contributed by atoms with Crippen molar-refractivity contribution in [1.82, 2.24) is 20.1 Å². The minimum atomic E-state index is -0.0497. The maximum atomic E-state index is 12.1. The topological polar surface area (TPSA) is 69.0 Å². The van der Waals surface area contributed by atoms with Crippen LogP contribution < -0.4 is 10.1 Å². The van der Waals surface area contributed by atoms with E-state index >= 15 is 0 Å². The first-order valence-electron chi connectivity index (χ1n) is 8.73. The second-order valence-corrected chi connectivity index (χ2v) is 7.56. The monoisotopic (exact) mass is 416 g/mol. The summed E-state index contributed by atoms with van der Waals surface area (Å²) in [6.45, 7) is 2.72. The van der Waals surface area contributed by atoms with Crippen molar-refractivity contribution in [2.24, 2.45) is 7.05 Å². The SMILES string of the molecule is Cc1cc(OCc2nnc(SCC(=O)NCc3ccccc3)n2C)ccc1Cl. The molecule has 0 spiro atoms. The van der Waals surface area contributed by atoms with E-state index in [2.05, 4.69) is 15.5 Å². The fraction of sp³-hybridized carbons (Fsp3) is 0.250. The highest BCUT2D eigenvalue weighted by Gasteiger charge is 2.12. The first-order valence-corrected chi connectivity index (χ1v) is 10.1. The second-order valence-electron chi connectivity index (χ2n) is 6.21. The zero-order chi connectivity index (χ0) is 19.9. The van der Waals surface area contributed by atoms with Gasteiger partial charge in [0.15, 0.2) is 11.0 Å². The number of nitrogens with zero attached hydrogens (tertiary/aromatic N) is 3. The Labute approximate surface area is 173 Å². The van der Waals surface area contributed by atoms with Crippen LogP contribution in [0, 0.1) is 6.92 Å². The molecule has 0 fully saturated rings. The molecule has 2 aromatic carbocycles. The lowest BCUT2D eigenvalue weighted by atomic mass is 10.2. The predicted molar refractivity (Wildman–Crippen MR) is 111 cm³/mol.